The van der Waals surface area contributed by atoms with Gasteiger partial charge in [-0.25, -0.2) is 17.9 Å². The molecule has 8 heteroatoms. The maximum Gasteiger partial charge on any atom is 0.338 e. The van der Waals surface area contributed by atoms with Gasteiger partial charge in [0.1, 0.15) is 5.75 Å². The van der Waals surface area contributed by atoms with E-state index in [1.165, 1.54) is 37.3 Å². The predicted molar refractivity (Wildman–Crippen MR) is 109 cm³/mol. The van der Waals surface area contributed by atoms with E-state index in [0.717, 1.165) is 0 Å². The first-order chi connectivity index (χ1) is 13.8. The molecular formula is C21H23NO6S. The normalized spacial score (nSPS) is 12.1. The van der Waals surface area contributed by atoms with Gasteiger partial charge < -0.3 is 9.47 Å². The monoisotopic (exact) mass is 417 g/mol. The minimum absolute atomic E-state index is 0.00872. The zero-order valence-corrected chi connectivity index (χ0v) is 17.1. The fourth-order valence-corrected chi connectivity index (χ4v) is 3.42. The second-order valence-corrected chi connectivity index (χ2v) is 7.80. The first-order valence-corrected chi connectivity index (χ1v) is 10.5. The van der Waals surface area contributed by atoms with E-state index in [1.807, 2.05) is 6.92 Å². The summed E-state index contributed by atoms with van der Waals surface area (Å²) in [5.41, 5.74) is 0.530. The molecule has 29 heavy (non-hydrogen) atoms. The van der Waals surface area contributed by atoms with Crippen molar-refractivity contribution in [1.29, 1.82) is 0 Å². The lowest BCUT2D eigenvalue weighted by Gasteiger charge is -2.13. The van der Waals surface area contributed by atoms with E-state index in [9.17, 15) is 18.0 Å². The molecule has 0 spiro atoms. The number of hydrogen-bond acceptors (Lipinski definition) is 6. The third-order valence-electron chi connectivity index (χ3n) is 3.92. The van der Waals surface area contributed by atoms with Gasteiger partial charge in [0.25, 0.3) is 0 Å². The molecule has 2 rings (SSSR count). The van der Waals surface area contributed by atoms with Crippen molar-refractivity contribution in [3.63, 3.8) is 0 Å². The summed E-state index contributed by atoms with van der Waals surface area (Å²) in [6.07, 6.45) is 0.421. The summed E-state index contributed by atoms with van der Waals surface area (Å²) in [7, 11) is -3.68. The number of benzene rings is 2. The number of Topliss-reactive ketones (excluding diaryl/α,β-unsaturated/α-hetero) is 1. The van der Waals surface area contributed by atoms with Crippen LogP contribution in [0.1, 0.15) is 34.6 Å². The Kier molecular flexibility index (Phi) is 7.69. The molecule has 7 nitrogen and oxygen atoms in total. The third-order valence-corrected chi connectivity index (χ3v) is 5.36. The van der Waals surface area contributed by atoms with E-state index in [2.05, 4.69) is 11.3 Å². The summed E-state index contributed by atoms with van der Waals surface area (Å²) in [5, 5.41) is 0. The maximum atomic E-state index is 12.5. The number of ketones is 1. The van der Waals surface area contributed by atoms with Crippen molar-refractivity contribution in [3.05, 3.63) is 72.3 Å². The van der Waals surface area contributed by atoms with Crippen molar-refractivity contribution < 1.29 is 27.5 Å². The van der Waals surface area contributed by atoms with Crippen LogP contribution in [-0.2, 0) is 14.8 Å². The molecule has 0 heterocycles. The summed E-state index contributed by atoms with van der Waals surface area (Å²) in [6, 6.07) is 11.8. The second-order valence-electron chi connectivity index (χ2n) is 6.03. The number of carbonyl (C=O) groups is 2. The van der Waals surface area contributed by atoms with E-state index in [1.54, 1.807) is 24.3 Å². The largest absolute Gasteiger partial charge is 0.494 e. The molecule has 0 saturated heterocycles. The van der Waals surface area contributed by atoms with Crippen LogP contribution in [-0.4, -0.2) is 39.4 Å². The molecule has 0 bridgehead atoms. The van der Waals surface area contributed by atoms with Gasteiger partial charge in [-0.1, -0.05) is 6.08 Å². The number of sulfonamides is 1. The van der Waals surface area contributed by atoms with Crippen LogP contribution < -0.4 is 9.46 Å². The number of ether oxygens (including phenoxy) is 2. The molecule has 0 aromatic heterocycles. The molecule has 0 unspecified atom stereocenters. The zero-order chi connectivity index (χ0) is 21.4. The maximum absolute atomic E-state index is 12.5. The summed E-state index contributed by atoms with van der Waals surface area (Å²) in [4.78, 5) is 24.8. The number of rotatable bonds is 10. The van der Waals surface area contributed by atoms with Gasteiger partial charge in [-0.15, -0.1) is 6.58 Å². The van der Waals surface area contributed by atoms with Crippen molar-refractivity contribution in [1.82, 2.24) is 4.72 Å². The molecule has 1 atom stereocenters. The predicted octanol–water partition coefficient (Wildman–Crippen LogP) is 2.98. The first-order valence-electron chi connectivity index (χ1n) is 8.97. The SMILES string of the molecule is C=CCNS(=O)(=O)c1ccc(C(=O)O[C@H](C)C(=O)c2ccc(OCC)cc2)cc1. The third kappa shape index (κ3) is 6.00. The Labute approximate surface area is 170 Å². The van der Waals surface area contributed by atoms with Gasteiger partial charge in [0.05, 0.1) is 17.1 Å². The smallest absolute Gasteiger partial charge is 0.338 e. The summed E-state index contributed by atoms with van der Waals surface area (Å²) < 4.78 is 37.0. The molecule has 154 valence electrons. The Morgan fingerprint density at radius 3 is 2.21 bits per heavy atom. The van der Waals surface area contributed by atoms with E-state index in [0.29, 0.717) is 17.9 Å². The van der Waals surface area contributed by atoms with Crippen LogP contribution in [0.25, 0.3) is 0 Å². The van der Waals surface area contributed by atoms with Gasteiger partial charge >= 0.3 is 5.97 Å². The molecule has 1 N–H and O–H groups in total. The van der Waals surface area contributed by atoms with Gasteiger partial charge in [0.15, 0.2) is 6.10 Å². The highest BCUT2D eigenvalue weighted by atomic mass is 32.2. The van der Waals surface area contributed by atoms with Crippen LogP contribution in [0.4, 0.5) is 0 Å². The van der Waals surface area contributed by atoms with E-state index < -0.39 is 22.1 Å². The minimum atomic E-state index is -3.68. The van der Waals surface area contributed by atoms with E-state index in [-0.39, 0.29) is 22.8 Å². The molecule has 0 aliphatic heterocycles. The minimum Gasteiger partial charge on any atom is -0.494 e. The molecule has 0 radical (unpaired) electrons. The Bertz CT molecular complexity index is 965. The highest BCUT2D eigenvalue weighted by Crippen LogP contribution is 2.16. The summed E-state index contributed by atoms with van der Waals surface area (Å²) in [6.45, 7) is 7.41. The topological polar surface area (TPSA) is 98.8 Å². The van der Waals surface area contributed by atoms with Crippen molar-refractivity contribution >= 4 is 21.8 Å². The average molecular weight is 417 g/mol. The summed E-state index contributed by atoms with van der Waals surface area (Å²) in [5.74, 6) is -0.430. The van der Waals surface area contributed by atoms with Crippen molar-refractivity contribution in [3.8, 4) is 5.75 Å². The lowest BCUT2D eigenvalue weighted by atomic mass is 10.1. The van der Waals surface area contributed by atoms with Gasteiger partial charge in [-0.2, -0.15) is 0 Å². The fourth-order valence-electron chi connectivity index (χ4n) is 2.42. The Hall–Kier alpha value is -2.97. The van der Waals surface area contributed by atoms with Gasteiger partial charge in [-0.05, 0) is 62.4 Å². The van der Waals surface area contributed by atoms with Crippen LogP contribution >= 0.6 is 0 Å². The van der Waals surface area contributed by atoms with Crippen molar-refractivity contribution in [2.45, 2.75) is 24.8 Å². The van der Waals surface area contributed by atoms with Crippen LogP contribution in [0, 0.1) is 0 Å². The molecule has 2 aromatic rings. The van der Waals surface area contributed by atoms with E-state index in [4.69, 9.17) is 9.47 Å². The fraction of sp³-hybridized carbons (Fsp3) is 0.238. The highest BCUT2D eigenvalue weighted by molar-refractivity contribution is 7.89. The van der Waals surface area contributed by atoms with Crippen molar-refractivity contribution in [2.75, 3.05) is 13.2 Å². The van der Waals surface area contributed by atoms with Gasteiger partial charge in [0, 0.05) is 12.1 Å². The zero-order valence-electron chi connectivity index (χ0n) is 16.3. The Morgan fingerprint density at radius 1 is 1.07 bits per heavy atom. The highest BCUT2D eigenvalue weighted by Gasteiger charge is 2.21. The first kappa shape index (κ1) is 22.3. The molecule has 0 fully saturated rings. The number of esters is 1. The molecule has 0 amide bonds. The average Bonchev–Trinajstić information content (AvgIpc) is 2.72. The van der Waals surface area contributed by atoms with Crippen LogP contribution in [0.15, 0.2) is 66.1 Å². The number of hydrogen-bond donors (Lipinski definition) is 1. The molecular weight excluding hydrogens is 394 g/mol. The van der Waals surface area contributed by atoms with E-state index >= 15 is 0 Å². The Balaban J connectivity index is 2.03. The molecule has 0 saturated carbocycles. The quantitative estimate of drug-likeness (QED) is 0.363. The van der Waals surface area contributed by atoms with Gasteiger partial charge in [-0.3, -0.25) is 4.79 Å². The summed E-state index contributed by atoms with van der Waals surface area (Å²) >= 11 is 0. The molecule has 2 aromatic carbocycles. The second kappa shape index (κ2) is 9.99. The van der Waals surface area contributed by atoms with Crippen LogP contribution in [0.5, 0.6) is 5.75 Å². The standard InChI is InChI=1S/C21H23NO6S/c1-4-14-22-29(25,26)19-12-8-17(9-13-19)21(24)28-15(3)20(23)16-6-10-18(11-7-16)27-5-2/h4,6-13,15,22H,1,5,14H2,2-3H3/t15-/m1/s1. The van der Waals surface area contributed by atoms with Crippen molar-refractivity contribution in [2.24, 2.45) is 0 Å². The number of nitrogens with one attached hydrogen (secondary N) is 1. The lowest BCUT2D eigenvalue weighted by molar-refractivity contribution is 0.0318. The molecule has 0 aliphatic rings. The van der Waals surface area contributed by atoms with Crippen LogP contribution in [0.2, 0.25) is 0 Å². The number of carbonyl (C=O) groups excluding carboxylic acids is 2. The van der Waals surface area contributed by atoms with Gasteiger partial charge in [0.2, 0.25) is 15.8 Å². The van der Waals surface area contributed by atoms with Crippen LogP contribution in [0.3, 0.4) is 0 Å². The lowest BCUT2D eigenvalue weighted by Crippen LogP contribution is -2.25. The Morgan fingerprint density at radius 2 is 1.66 bits per heavy atom. The molecule has 0 aliphatic carbocycles.